The van der Waals surface area contributed by atoms with Gasteiger partial charge in [0, 0.05) is 43.3 Å². The van der Waals surface area contributed by atoms with E-state index >= 15 is 0 Å². The van der Waals surface area contributed by atoms with Crippen LogP contribution < -0.4 is 9.80 Å². The van der Waals surface area contributed by atoms with Gasteiger partial charge in [0.1, 0.15) is 5.82 Å². The number of nitrogens with zero attached hydrogens (tertiary/aromatic N) is 4. The molecule has 2 heterocycles. The number of benzene rings is 2. The highest BCUT2D eigenvalue weighted by atomic mass is 32.1. The van der Waals surface area contributed by atoms with Crippen LogP contribution in [0, 0.1) is 5.92 Å². The van der Waals surface area contributed by atoms with E-state index < -0.39 is 0 Å². The number of rotatable bonds is 7. The van der Waals surface area contributed by atoms with Crippen molar-refractivity contribution in [3.63, 3.8) is 0 Å². The number of thiocarbonyl (C=S) groups is 1. The van der Waals surface area contributed by atoms with Crippen LogP contribution in [0.4, 0.5) is 11.5 Å². The van der Waals surface area contributed by atoms with E-state index in [1.54, 1.807) is 11.5 Å². The standard InChI is InChI=1S/C26H32N4S2/c31-20-30(22-6-2-1-3-7-22)23-12-10-21(11-13-23)14-15-28-16-18-29(19-17-28)26-24-8-4-5-9-25(24)32-27-26/h1-9,20-21,23H,10-19H2/t21-,23-. The SMILES string of the molecule is S=CN(c1ccccc1)[C@H]1CC[C@H](CCN2CCN(c3nsc4ccccc34)CC2)CC1. The van der Waals surface area contributed by atoms with Crippen molar-refractivity contribution in [1.82, 2.24) is 9.27 Å². The Labute approximate surface area is 201 Å². The van der Waals surface area contributed by atoms with Crippen molar-refractivity contribution < 1.29 is 0 Å². The van der Waals surface area contributed by atoms with Crippen molar-refractivity contribution in [3.8, 4) is 0 Å². The van der Waals surface area contributed by atoms with E-state index in [9.17, 15) is 0 Å². The Hall–Kier alpha value is -2.02. The van der Waals surface area contributed by atoms with Crippen LogP contribution in [0.25, 0.3) is 10.1 Å². The summed E-state index contributed by atoms with van der Waals surface area (Å²) in [6, 6.07) is 19.8. The fraction of sp³-hybridized carbons (Fsp3) is 0.462. The van der Waals surface area contributed by atoms with E-state index in [1.165, 1.54) is 60.2 Å². The van der Waals surface area contributed by atoms with Crippen molar-refractivity contribution in [2.24, 2.45) is 5.92 Å². The molecule has 0 N–H and O–H groups in total. The van der Waals surface area contributed by atoms with Crippen molar-refractivity contribution in [1.29, 1.82) is 0 Å². The average Bonchev–Trinajstić information content (AvgIpc) is 3.29. The molecule has 32 heavy (non-hydrogen) atoms. The topological polar surface area (TPSA) is 22.6 Å². The van der Waals surface area contributed by atoms with Gasteiger partial charge in [-0.1, -0.05) is 42.5 Å². The molecule has 1 aliphatic carbocycles. The molecule has 0 bridgehead atoms. The molecule has 0 amide bonds. The van der Waals surface area contributed by atoms with Gasteiger partial charge in [0.25, 0.3) is 0 Å². The minimum Gasteiger partial charge on any atom is -0.353 e. The number of para-hydroxylation sites is 1. The lowest BCUT2D eigenvalue weighted by atomic mass is 9.83. The minimum atomic E-state index is 0.558. The summed E-state index contributed by atoms with van der Waals surface area (Å²) >= 11 is 6.98. The summed E-state index contributed by atoms with van der Waals surface area (Å²) in [7, 11) is 0. The first-order valence-electron chi connectivity index (χ1n) is 11.9. The second kappa shape index (κ2) is 10.3. The van der Waals surface area contributed by atoms with Crippen molar-refractivity contribution >= 4 is 50.8 Å². The lowest BCUT2D eigenvalue weighted by molar-refractivity contribution is 0.217. The third-order valence-electron chi connectivity index (χ3n) is 7.26. The smallest absolute Gasteiger partial charge is 0.150 e. The van der Waals surface area contributed by atoms with Gasteiger partial charge in [0.05, 0.1) is 10.2 Å². The first-order valence-corrected chi connectivity index (χ1v) is 13.2. The second-order valence-electron chi connectivity index (χ2n) is 9.14. The fourth-order valence-corrected chi connectivity index (χ4v) is 6.41. The molecule has 1 saturated heterocycles. The number of anilines is 2. The Morgan fingerprint density at radius 2 is 1.66 bits per heavy atom. The van der Waals surface area contributed by atoms with Crippen molar-refractivity contribution in [2.75, 3.05) is 42.5 Å². The highest BCUT2D eigenvalue weighted by Crippen LogP contribution is 2.32. The summed E-state index contributed by atoms with van der Waals surface area (Å²) < 4.78 is 6.04. The quantitative estimate of drug-likeness (QED) is 0.409. The van der Waals surface area contributed by atoms with Gasteiger partial charge in [0.2, 0.25) is 0 Å². The van der Waals surface area contributed by atoms with Gasteiger partial charge in [-0.3, -0.25) is 4.90 Å². The first kappa shape index (κ1) is 21.8. The average molecular weight is 465 g/mol. The van der Waals surface area contributed by atoms with Crippen LogP contribution in [0.1, 0.15) is 32.1 Å². The highest BCUT2D eigenvalue weighted by Gasteiger charge is 2.26. The van der Waals surface area contributed by atoms with Crippen LogP contribution in [0.2, 0.25) is 0 Å². The number of aromatic nitrogens is 1. The molecule has 2 fully saturated rings. The van der Waals surface area contributed by atoms with Crippen molar-refractivity contribution in [3.05, 3.63) is 54.6 Å². The number of hydrogen-bond donors (Lipinski definition) is 0. The van der Waals surface area contributed by atoms with Gasteiger partial charge in [-0.15, -0.1) is 0 Å². The molecule has 3 aromatic rings. The van der Waals surface area contributed by atoms with E-state index in [1.807, 2.05) is 5.49 Å². The Kier molecular flexibility index (Phi) is 7.00. The largest absolute Gasteiger partial charge is 0.353 e. The van der Waals surface area contributed by atoms with Crippen molar-refractivity contribution in [2.45, 2.75) is 38.1 Å². The molecule has 0 atom stereocenters. The summed E-state index contributed by atoms with van der Waals surface area (Å²) in [4.78, 5) is 7.45. The Morgan fingerprint density at radius 1 is 0.938 bits per heavy atom. The zero-order chi connectivity index (χ0) is 21.8. The summed E-state index contributed by atoms with van der Waals surface area (Å²) in [6.45, 7) is 5.70. The molecule has 168 valence electrons. The molecule has 1 aromatic heterocycles. The maximum Gasteiger partial charge on any atom is 0.150 e. The molecule has 1 saturated carbocycles. The molecular formula is C26H32N4S2. The highest BCUT2D eigenvalue weighted by molar-refractivity contribution is 7.79. The van der Waals surface area contributed by atoms with E-state index in [0.29, 0.717) is 6.04 Å². The van der Waals surface area contributed by atoms with Crippen LogP contribution in [0.3, 0.4) is 0 Å². The van der Waals surface area contributed by atoms with E-state index in [0.717, 1.165) is 32.1 Å². The van der Waals surface area contributed by atoms with Gasteiger partial charge in [-0.2, -0.15) is 4.37 Å². The van der Waals surface area contributed by atoms with Gasteiger partial charge in [0.15, 0.2) is 0 Å². The third-order valence-corrected chi connectivity index (χ3v) is 8.31. The zero-order valence-corrected chi connectivity index (χ0v) is 20.2. The van der Waals surface area contributed by atoms with E-state index in [2.05, 4.69) is 69.3 Å². The second-order valence-corrected chi connectivity index (χ2v) is 10.2. The Balaban J connectivity index is 1.07. The summed E-state index contributed by atoms with van der Waals surface area (Å²) in [6.07, 6.45) is 6.47. The molecule has 5 rings (SSSR count). The summed E-state index contributed by atoms with van der Waals surface area (Å²) in [5.41, 5.74) is 3.09. The van der Waals surface area contributed by atoms with Crippen LogP contribution in [0.5, 0.6) is 0 Å². The van der Waals surface area contributed by atoms with Gasteiger partial charge < -0.3 is 9.80 Å². The molecule has 0 unspecified atom stereocenters. The number of hydrogen-bond acceptors (Lipinski definition) is 5. The predicted molar refractivity (Wildman–Crippen MR) is 141 cm³/mol. The maximum absolute atomic E-state index is 5.35. The maximum atomic E-state index is 5.35. The predicted octanol–water partition coefficient (Wildman–Crippen LogP) is 5.83. The molecule has 4 nitrogen and oxygen atoms in total. The lowest BCUT2D eigenvalue weighted by Gasteiger charge is -2.38. The van der Waals surface area contributed by atoms with Crippen LogP contribution in [-0.2, 0) is 0 Å². The fourth-order valence-electron chi connectivity index (χ4n) is 5.32. The molecule has 2 aromatic carbocycles. The summed E-state index contributed by atoms with van der Waals surface area (Å²) in [5, 5.41) is 1.31. The van der Waals surface area contributed by atoms with Gasteiger partial charge in [-0.05, 0) is 80.4 Å². The number of fused-ring (bicyclic) bond motifs is 1. The molecule has 2 aliphatic rings. The monoisotopic (exact) mass is 464 g/mol. The van der Waals surface area contributed by atoms with Crippen LogP contribution in [-0.4, -0.2) is 53.5 Å². The molecule has 1 aliphatic heterocycles. The lowest BCUT2D eigenvalue weighted by Crippen LogP contribution is -2.47. The zero-order valence-electron chi connectivity index (χ0n) is 18.6. The van der Waals surface area contributed by atoms with E-state index in [4.69, 9.17) is 16.6 Å². The molecule has 6 heteroatoms. The van der Waals surface area contributed by atoms with Gasteiger partial charge >= 0.3 is 0 Å². The Morgan fingerprint density at radius 3 is 2.41 bits per heavy atom. The first-order chi connectivity index (χ1) is 15.8. The number of piperazine rings is 1. The molecular weight excluding hydrogens is 432 g/mol. The third kappa shape index (κ3) is 4.82. The van der Waals surface area contributed by atoms with Gasteiger partial charge in [-0.25, -0.2) is 0 Å². The normalized spacial score (nSPS) is 22.2. The molecule has 0 spiro atoms. The van der Waals surface area contributed by atoms with Crippen LogP contribution >= 0.6 is 23.8 Å². The molecule has 0 radical (unpaired) electrons. The minimum absolute atomic E-state index is 0.558. The van der Waals surface area contributed by atoms with E-state index in [-0.39, 0.29) is 0 Å². The van der Waals surface area contributed by atoms with Crippen LogP contribution in [0.15, 0.2) is 54.6 Å². The Bertz CT molecular complexity index is 1000. The summed E-state index contributed by atoms with van der Waals surface area (Å²) in [5.74, 6) is 2.04.